The lowest BCUT2D eigenvalue weighted by Crippen LogP contribution is -2.13. The zero-order valence-corrected chi connectivity index (χ0v) is 11.3. The van der Waals surface area contributed by atoms with Crippen LogP contribution in [0.4, 0.5) is 0 Å². The zero-order valence-electron chi connectivity index (χ0n) is 10.4. The number of aromatic nitrogens is 2. The summed E-state index contributed by atoms with van der Waals surface area (Å²) in [5.74, 6) is 0.437. The number of hydrogen-bond acceptors (Lipinski definition) is 3. The van der Waals surface area contributed by atoms with E-state index in [1.165, 1.54) is 12.4 Å². The summed E-state index contributed by atoms with van der Waals surface area (Å²) < 4.78 is 25.3. The Bertz CT molecular complexity index is 601. The predicted molar refractivity (Wildman–Crippen MR) is 70.0 cm³/mol. The minimum absolute atomic E-state index is 0.262. The molecule has 1 heterocycles. The van der Waals surface area contributed by atoms with Crippen LogP contribution in [0.15, 0.2) is 47.6 Å². The normalized spacial score (nSPS) is 13.4. The van der Waals surface area contributed by atoms with Gasteiger partial charge in [-0.3, -0.25) is 0 Å². The van der Waals surface area contributed by atoms with E-state index in [0.717, 1.165) is 16.1 Å². The second kappa shape index (κ2) is 4.94. The molecule has 0 aliphatic heterocycles. The Balaban J connectivity index is 2.36. The Morgan fingerprint density at radius 1 is 1.28 bits per heavy atom. The van der Waals surface area contributed by atoms with E-state index in [-0.39, 0.29) is 4.90 Å². The summed E-state index contributed by atoms with van der Waals surface area (Å²) in [6.07, 6.45) is 3.91. The van der Waals surface area contributed by atoms with Gasteiger partial charge in [-0.25, -0.2) is 0 Å². The van der Waals surface area contributed by atoms with Gasteiger partial charge >= 0.3 is 0 Å². The quantitative estimate of drug-likeness (QED) is 0.853. The topological polar surface area (TPSA) is 52.0 Å². The fourth-order valence-corrected chi connectivity index (χ4v) is 2.81. The van der Waals surface area contributed by atoms with Crippen LogP contribution >= 0.6 is 0 Å². The van der Waals surface area contributed by atoms with E-state index in [9.17, 15) is 8.42 Å². The van der Waals surface area contributed by atoms with Gasteiger partial charge in [0.1, 0.15) is 0 Å². The van der Waals surface area contributed by atoms with Crippen LogP contribution in [0.2, 0.25) is 0 Å². The van der Waals surface area contributed by atoms with Crippen molar-refractivity contribution in [3.63, 3.8) is 0 Å². The highest BCUT2D eigenvalue weighted by atomic mass is 32.2. The van der Waals surface area contributed by atoms with Crippen LogP contribution in [0.5, 0.6) is 0 Å². The number of rotatable bonds is 4. The van der Waals surface area contributed by atoms with E-state index in [1.807, 2.05) is 12.1 Å². The molecule has 1 aromatic carbocycles. The molecule has 0 aliphatic rings. The van der Waals surface area contributed by atoms with Crippen LogP contribution in [0.1, 0.15) is 31.7 Å². The van der Waals surface area contributed by atoms with Gasteiger partial charge in [0.25, 0.3) is 10.0 Å². The molecule has 0 saturated carbocycles. The first kappa shape index (κ1) is 12.8. The summed E-state index contributed by atoms with van der Waals surface area (Å²) in [7, 11) is -3.54. The van der Waals surface area contributed by atoms with Crippen molar-refractivity contribution in [1.29, 1.82) is 0 Å². The van der Waals surface area contributed by atoms with Crippen LogP contribution in [0.3, 0.4) is 0 Å². The van der Waals surface area contributed by atoms with Crippen molar-refractivity contribution in [2.75, 3.05) is 0 Å². The molecule has 0 bridgehead atoms. The largest absolute Gasteiger partial charge is 0.282 e. The molecule has 2 rings (SSSR count). The molecule has 1 atom stereocenters. The Morgan fingerprint density at radius 3 is 2.44 bits per heavy atom. The zero-order chi connectivity index (χ0) is 13.2. The summed E-state index contributed by atoms with van der Waals surface area (Å²) in [6.45, 7) is 4.23. The highest BCUT2D eigenvalue weighted by Gasteiger charge is 2.16. The van der Waals surface area contributed by atoms with E-state index >= 15 is 0 Å². The van der Waals surface area contributed by atoms with Crippen LogP contribution < -0.4 is 0 Å². The van der Waals surface area contributed by atoms with Gasteiger partial charge in [0.05, 0.1) is 11.1 Å². The summed E-state index contributed by atoms with van der Waals surface area (Å²) >= 11 is 0. The fraction of sp³-hybridized carbons (Fsp3) is 0.308. The second-order valence-electron chi connectivity index (χ2n) is 4.26. The maximum atomic E-state index is 12.1. The van der Waals surface area contributed by atoms with Crippen molar-refractivity contribution in [1.82, 2.24) is 9.19 Å². The van der Waals surface area contributed by atoms with E-state index < -0.39 is 10.0 Å². The van der Waals surface area contributed by atoms with Crippen LogP contribution in [-0.2, 0) is 10.0 Å². The molecule has 0 saturated heterocycles. The van der Waals surface area contributed by atoms with Gasteiger partial charge in [0.2, 0.25) is 0 Å². The predicted octanol–water partition coefficient (Wildman–Crippen LogP) is 2.63. The Kier molecular flexibility index (Phi) is 3.52. The standard InChI is InChI=1S/C13H16N2O2S/c1-3-11(2)12-5-7-13(8-6-12)18(16,17)15-10-4-9-14-15/h4-11H,3H2,1-2H3. The number of hydrogen-bond donors (Lipinski definition) is 0. The lowest BCUT2D eigenvalue weighted by molar-refractivity contribution is 0.580. The van der Waals surface area contributed by atoms with Gasteiger partial charge in [-0.1, -0.05) is 26.0 Å². The smallest absolute Gasteiger partial charge is 0.199 e. The molecule has 0 amide bonds. The van der Waals surface area contributed by atoms with Crippen molar-refractivity contribution >= 4 is 10.0 Å². The maximum absolute atomic E-state index is 12.1. The lowest BCUT2D eigenvalue weighted by Gasteiger charge is -2.10. The molecule has 1 aromatic heterocycles. The van der Waals surface area contributed by atoms with Crippen LogP contribution in [0.25, 0.3) is 0 Å². The van der Waals surface area contributed by atoms with Crippen LogP contribution in [-0.4, -0.2) is 17.6 Å². The van der Waals surface area contributed by atoms with Gasteiger partial charge < -0.3 is 0 Å². The van der Waals surface area contributed by atoms with Gasteiger partial charge in [-0.05, 0) is 36.1 Å². The first-order chi connectivity index (χ1) is 8.55. The summed E-state index contributed by atoms with van der Waals surface area (Å²) in [5.41, 5.74) is 1.15. The fourth-order valence-electron chi connectivity index (χ4n) is 1.71. The van der Waals surface area contributed by atoms with Crippen LogP contribution in [0, 0.1) is 0 Å². The number of nitrogens with zero attached hydrogens (tertiary/aromatic N) is 2. The van der Waals surface area contributed by atoms with Gasteiger partial charge in [0, 0.05) is 6.20 Å². The Hall–Kier alpha value is -1.62. The third-order valence-electron chi connectivity index (χ3n) is 3.09. The summed E-state index contributed by atoms with van der Waals surface area (Å²) in [6, 6.07) is 8.59. The highest BCUT2D eigenvalue weighted by molar-refractivity contribution is 7.89. The van der Waals surface area contributed by atoms with E-state index in [1.54, 1.807) is 18.2 Å². The molecule has 1 unspecified atom stereocenters. The number of benzene rings is 1. The minimum atomic E-state index is -3.54. The first-order valence-electron chi connectivity index (χ1n) is 5.91. The third kappa shape index (κ3) is 2.31. The molecule has 0 N–H and O–H groups in total. The van der Waals surface area contributed by atoms with Crippen molar-refractivity contribution in [2.24, 2.45) is 0 Å². The van der Waals surface area contributed by atoms with Crippen molar-refractivity contribution < 1.29 is 8.42 Å². The van der Waals surface area contributed by atoms with Crippen molar-refractivity contribution in [3.8, 4) is 0 Å². The molecule has 2 aromatic rings. The average molecular weight is 264 g/mol. The van der Waals surface area contributed by atoms with Gasteiger partial charge in [0.15, 0.2) is 0 Å². The summed E-state index contributed by atoms with van der Waals surface area (Å²) in [5, 5.41) is 3.77. The molecule has 96 valence electrons. The molecule has 4 nitrogen and oxygen atoms in total. The second-order valence-corrected chi connectivity index (χ2v) is 6.06. The molecule has 0 fully saturated rings. The summed E-state index contributed by atoms with van der Waals surface area (Å²) in [4.78, 5) is 0.262. The molecular weight excluding hydrogens is 248 g/mol. The molecule has 5 heteroatoms. The van der Waals surface area contributed by atoms with E-state index in [4.69, 9.17) is 0 Å². The van der Waals surface area contributed by atoms with E-state index in [0.29, 0.717) is 5.92 Å². The van der Waals surface area contributed by atoms with Crippen molar-refractivity contribution in [3.05, 3.63) is 48.3 Å². The SMILES string of the molecule is CCC(C)c1ccc(S(=O)(=O)n2cccn2)cc1. The Morgan fingerprint density at radius 2 is 1.94 bits per heavy atom. The first-order valence-corrected chi connectivity index (χ1v) is 7.35. The van der Waals surface area contributed by atoms with E-state index in [2.05, 4.69) is 18.9 Å². The monoisotopic (exact) mass is 264 g/mol. The molecule has 18 heavy (non-hydrogen) atoms. The third-order valence-corrected chi connectivity index (χ3v) is 4.66. The highest BCUT2D eigenvalue weighted by Crippen LogP contribution is 2.21. The maximum Gasteiger partial charge on any atom is 0.282 e. The van der Waals surface area contributed by atoms with Gasteiger partial charge in [-0.15, -0.1) is 0 Å². The molecule has 0 aliphatic carbocycles. The molecular formula is C13H16N2O2S. The van der Waals surface area contributed by atoms with Crippen molar-refractivity contribution in [2.45, 2.75) is 31.1 Å². The minimum Gasteiger partial charge on any atom is -0.199 e. The molecule has 0 radical (unpaired) electrons. The van der Waals surface area contributed by atoms with Gasteiger partial charge in [-0.2, -0.15) is 17.6 Å². The lowest BCUT2D eigenvalue weighted by atomic mass is 9.99. The molecule has 0 spiro atoms. The average Bonchev–Trinajstić information content (AvgIpc) is 2.92. The Labute approximate surface area is 107 Å².